The number of rotatable bonds is 2. The quantitative estimate of drug-likeness (QED) is 0.515. The van der Waals surface area contributed by atoms with E-state index in [-0.39, 0.29) is 5.43 Å². The highest BCUT2D eigenvalue weighted by Gasteiger charge is 2.17. The van der Waals surface area contributed by atoms with Gasteiger partial charge in [0.2, 0.25) is 0 Å². The first-order valence-electron chi connectivity index (χ1n) is 7.58. The van der Waals surface area contributed by atoms with Crippen LogP contribution in [-0.4, -0.2) is 4.98 Å². The molecule has 0 radical (unpaired) electrons. The first-order valence-corrected chi connectivity index (χ1v) is 8.77. The smallest absolute Gasteiger partial charge is 0.199 e. The van der Waals surface area contributed by atoms with Crippen molar-refractivity contribution in [1.82, 2.24) is 4.98 Å². The van der Waals surface area contributed by atoms with E-state index in [4.69, 9.17) is 16.9 Å². The average molecular weight is 363 g/mol. The molecule has 0 spiro atoms. The molecule has 3 nitrogen and oxygen atoms in total. The molecule has 1 N–H and O–H groups in total. The summed E-state index contributed by atoms with van der Waals surface area (Å²) >= 11 is 7.47. The summed E-state index contributed by atoms with van der Waals surface area (Å²) < 4.78 is 0.687. The number of nitrogens with zero attached hydrogens (tertiary/aromatic N) is 1. The molecule has 0 saturated carbocycles. The molecule has 0 aliphatic carbocycles. The Morgan fingerprint density at radius 2 is 1.64 bits per heavy atom. The number of nitriles is 1. The van der Waals surface area contributed by atoms with Crippen LogP contribution in [0.1, 0.15) is 5.56 Å². The van der Waals surface area contributed by atoms with Gasteiger partial charge in [-0.15, -0.1) is 11.3 Å². The second-order valence-corrected chi connectivity index (χ2v) is 7.01. The molecular formula is C20H11ClN2OS. The van der Waals surface area contributed by atoms with E-state index in [0.29, 0.717) is 15.3 Å². The monoisotopic (exact) mass is 362 g/mol. The van der Waals surface area contributed by atoms with Crippen LogP contribution in [0.25, 0.3) is 31.8 Å². The minimum atomic E-state index is -0.00569. The predicted molar refractivity (Wildman–Crippen MR) is 103 cm³/mol. The average Bonchev–Trinajstić information content (AvgIpc) is 3.03. The Bertz CT molecular complexity index is 1170. The van der Waals surface area contributed by atoms with Crippen LogP contribution in [0, 0.1) is 11.3 Å². The van der Waals surface area contributed by atoms with Crippen LogP contribution in [-0.2, 0) is 0 Å². The van der Waals surface area contributed by atoms with Gasteiger partial charge in [-0.25, -0.2) is 0 Å². The minimum Gasteiger partial charge on any atom is -0.360 e. The van der Waals surface area contributed by atoms with E-state index in [0.717, 1.165) is 27.1 Å². The van der Waals surface area contributed by atoms with Crippen molar-refractivity contribution in [1.29, 1.82) is 5.26 Å². The number of aromatic amines is 1. The van der Waals surface area contributed by atoms with Gasteiger partial charge in [-0.3, -0.25) is 4.79 Å². The number of hydrogen-bond acceptors (Lipinski definition) is 3. The third-order valence-electron chi connectivity index (χ3n) is 4.00. The molecule has 0 amide bonds. The molecule has 0 unspecified atom stereocenters. The lowest BCUT2D eigenvalue weighted by Gasteiger charge is -2.06. The third-order valence-corrected chi connectivity index (χ3v) is 5.51. The van der Waals surface area contributed by atoms with Crippen LogP contribution in [0.5, 0.6) is 0 Å². The molecule has 0 fully saturated rings. The van der Waals surface area contributed by atoms with Crippen LogP contribution in [0.3, 0.4) is 0 Å². The van der Waals surface area contributed by atoms with Crippen LogP contribution in [0.2, 0.25) is 5.02 Å². The van der Waals surface area contributed by atoms with Crippen molar-refractivity contribution in [3.63, 3.8) is 0 Å². The van der Waals surface area contributed by atoms with E-state index in [2.05, 4.69) is 11.1 Å². The van der Waals surface area contributed by atoms with Crippen molar-refractivity contribution < 1.29 is 0 Å². The van der Waals surface area contributed by atoms with Gasteiger partial charge in [0, 0.05) is 27.7 Å². The minimum absolute atomic E-state index is 0.00569. The number of thiophene rings is 1. The lowest BCUT2D eigenvalue weighted by atomic mass is 10.0. The van der Waals surface area contributed by atoms with Crippen molar-refractivity contribution in [2.75, 3.05) is 0 Å². The fourth-order valence-corrected chi connectivity index (χ4v) is 4.15. The number of hydrogen-bond donors (Lipinski definition) is 1. The Labute approximate surface area is 152 Å². The summed E-state index contributed by atoms with van der Waals surface area (Å²) in [4.78, 5) is 16.5. The number of fused-ring (bicyclic) bond motifs is 1. The van der Waals surface area contributed by atoms with Gasteiger partial charge in [0.1, 0.15) is 0 Å². The maximum atomic E-state index is 12.3. The molecule has 0 atom stereocenters. The fourth-order valence-electron chi connectivity index (χ4n) is 2.81. The molecule has 120 valence electrons. The zero-order chi connectivity index (χ0) is 17.4. The number of aromatic nitrogens is 1. The van der Waals surface area contributed by atoms with Gasteiger partial charge in [0.25, 0.3) is 0 Å². The van der Waals surface area contributed by atoms with Crippen LogP contribution in [0.15, 0.2) is 65.6 Å². The standard InChI is InChI=1S/C20H11ClN2OS/c21-15-7-5-14(6-8-15)19-17(13-3-1-12(11-22)2-4-13)18-20(25-19)16(24)9-10-23-18/h1-10H,(H,23,24). The van der Waals surface area contributed by atoms with Crippen molar-refractivity contribution >= 4 is 33.2 Å². The summed E-state index contributed by atoms with van der Waals surface area (Å²) in [6.07, 6.45) is 1.66. The second kappa shape index (κ2) is 6.21. The van der Waals surface area contributed by atoms with Gasteiger partial charge in [0.15, 0.2) is 5.43 Å². The van der Waals surface area contributed by atoms with Crippen molar-refractivity contribution in [2.45, 2.75) is 0 Å². The second-order valence-electron chi connectivity index (χ2n) is 5.55. The topological polar surface area (TPSA) is 56.6 Å². The fraction of sp³-hybridized carbons (Fsp3) is 0. The van der Waals surface area contributed by atoms with Gasteiger partial charge in [-0.1, -0.05) is 35.9 Å². The largest absolute Gasteiger partial charge is 0.360 e. The van der Waals surface area contributed by atoms with E-state index in [9.17, 15) is 4.79 Å². The molecule has 0 aliphatic heterocycles. The first-order chi connectivity index (χ1) is 12.2. The van der Waals surface area contributed by atoms with Gasteiger partial charge in [-0.05, 0) is 35.4 Å². The molecule has 25 heavy (non-hydrogen) atoms. The molecule has 2 aromatic carbocycles. The molecule has 2 heterocycles. The summed E-state index contributed by atoms with van der Waals surface area (Å²) in [6, 6.07) is 18.6. The highest BCUT2D eigenvalue weighted by atomic mass is 35.5. The van der Waals surface area contributed by atoms with Crippen LogP contribution in [0.4, 0.5) is 0 Å². The summed E-state index contributed by atoms with van der Waals surface area (Å²) in [5.41, 5.74) is 4.32. The van der Waals surface area contributed by atoms with Gasteiger partial charge >= 0.3 is 0 Å². The normalized spacial score (nSPS) is 10.7. The lowest BCUT2D eigenvalue weighted by Crippen LogP contribution is -1.96. The maximum Gasteiger partial charge on any atom is 0.199 e. The van der Waals surface area contributed by atoms with E-state index in [1.807, 2.05) is 36.4 Å². The molecule has 0 saturated heterocycles. The molecule has 0 bridgehead atoms. The Balaban J connectivity index is 2.04. The summed E-state index contributed by atoms with van der Waals surface area (Å²) in [5.74, 6) is 0. The number of benzene rings is 2. The number of pyridine rings is 1. The summed E-state index contributed by atoms with van der Waals surface area (Å²) in [5, 5.41) is 9.69. The first kappa shape index (κ1) is 15.6. The highest BCUT2D eigenvalue weighted by Crippen LogP contribution is 2.43. The van der Waals surface area contributed by atoms with Gasteiger partial charge in [0.05, 0.1) is 21.8 Å². The predicted octanol–water partition coefficient (Wildman–Crippen LogP) is 5.45. The van der Waals surface area contributed by atoms with Gasteiger partial charge in [-0.2, -0.15) is 5.26 Å². The van der Waals surface area contributed by atoms with Crippen LogP contribution < -0.4 is 5.43 Å². The van der Waals surface area contributed by atoms with E-state index >= 15 is 0 Å². The maximum absolute atomic E-state index is 12.3. The Morgan fingerprint density at radius 1 is 0.960 bits per heavy atom. The molecule has 4 rings (SSSR count). The lowest BCUT2D eigenvalue weighted by molar-refractivity contribution is 1.41. The van der Waals surface area contributed by atoms with Crippen molar-refractivity contribution in [2.24, 2.45) is 0 Å². The van der Waals surface area contributed by atoms with Crippen molar-refractivity contribution in [3.8, 4) is 27.6 Å². The van der Waals surface area contributed by atoms with Gasteiger partial charge < -0.3 is 4.98 Å². The Kier molecular flexibility index (Phi) is 3.89. The number of H-pyrrole nitrogens is 1. The Hall–Kier alpha value is -2.87. The van der Waals surface area contributed by atoms with E-state index in [1.54, 1.807) is 18.3 Å². The molecule has 2 aromatic heterocycles. The molecular weight excluding hydrogens is 352 g/mol. The zero-order valence-corrected chi connectivity index (χ0v) is 14.5. The van der Waals surface area contributed by atoms with Crippen molar-refractivity contribution in [3.05, 3.63) is 81.6 Å². The molecule has 4 aromatic rings. The zero-order valence-electron chi connectivity index (χ0n) is 12.9. The molecule has 0 aliphatic rings. The highest BCUT2D eigenvalue weighted by molar-refractivity contribution is 7.23. The Morgan fingerprint density at radius 3 is 2.32 bits per heavy atom. The summed E-state index contributed by atoms with van der Waals surface area (Å²) in [6.45, 7) is 0. The van der Waals surface area contributed by atoms with E-state index < -0.39 is 0 Å². The van der Waals surface area contributed by atoms with E-state index in [1.165, 1.54) is 17.4 Å². The SMILES string of the molecule is N#Cc1ccc(-c2c(-c3ccc(Cl)cc3)sc3c(=O)cc[nH]c23)cc1. The number of halogens is 1. The molecule has 5 heteroatoms. The third kappa shape index (κ3) is 2.74. The summed E-state index contributed by atoms with van der Waals surface area (Å²) in [7, 11) is 0. The van der Waals surface area contributed by atoms with Crippen LogP contribution >= 0.6 is 22.9 Å². The number of nitrogens with one attached hydrogen (secondary N) is 1.